The highest BCUT2D eigenvalue weighted by Crippen LogP contribution is 2.22. The van der Waals surface area contributed by atoms with E-state index in [1.165, 1.54) is 24.3 Å². The topological polar surface area (TPSA) is 95.6 Å². The van der Waals surface area contributed by atoms with Crippen molar-refractivity contribution in [1.82, 2.24) is 10.2 Å². The monoisotopic (exact) mass is 475 g/mol. The molecule has 0 saturated carbocycles. The summed E-state index contributed by atoms with van der Waals surface area (Å²) < 4.78 is 41.4. The van der Waals surface area contributed by atoms with Gasteiger partial charge in [0, 0.05) is 35.8 Å². The van der Waals surface area contributed by atoms with E-state index in [1.54, 1.807) is 19.1 Å². The summed E-state index contributed by atoms with van der Waals surface area (Å²) in [5, 5.41) is 2.97. The van der Waals surface area contributed by atoms with Crippen LogP contribution in [-0.4, -0.2) is 44.3 Å². The molecule has 2 aromatic rings. The first kappa shape index (κ1) is 24.7. The number of nitrogens with one attached hydrogen (secondary N) is 2. The molecule has 1 heterocycles. The van der Waals surface area contributed by atoms with Gasteiger partial charge in [0.25, 0.3) is 15.9 Å². The van der Waals surface area contributed by atoms with Crippen LogP contribution in [0.25, 0.3) is 0 Å². The molecule has 7 nitrogen and oxygen atoms in total. The van der Waals surface area contributed by atoms with Crippen LogP contribution in [0.15, 0.2) is 47.4 Å². The first-order valence-electron chi connectivity index (χ1n) is 10.9. The van der Waals surface area contributed by atoms with E-state index < -0.39 is 21.3 Å². The van der Waals surface area contributed by atoms with Gasteiger partial charge in [0.05, 0.1) is 4.90 Å². The van der Waals surface area contributed by atoms with E-state index in [9.17, 15) is 22.4 Å². The average Bonchev–Trinajstić information content (AvgIpc) is 2.75. The Morgan fingerprint density at radius 3 is 2.33 bits per heavy atom. The summed E-state index contributed by atoms with van der Waals surface area (Å²) in [4.78, 5) is 26.8. The molecule has 1 aliphatic heterocycles. The fourth-order valence-corrected chi connectivity index (χ4v) is 4.71. The lowest BCUT2D eigenvalue weighted by Crippen LogP contribution is -2.49. The van der Waals surface area contributed by atoms with Gasteiger partial charge in [0.1, 0.15) is 5.82 Å². The molecule has 0 unspecified atom stereocenters. The van der Waals surface area contributed by atoms with Crippen LogP contribution in [-0.2, 0) is 14.8 Å². The average molecular weight is 476 g/mol. The number of carbonyl (C=O) groups excluding carboxylic acids is 2. The fraction of sp³-hybridized carbons (Fsp3) is 0.417. The molecular formula is C24H30FN3O4S. The second kappa shape index (κ2) is 9.51. The van der Waals surface area contributed by atoms with Crippen molar-refractivity contribution in [3.05, 3.63) is 59.4 Å². The summed E-state index contributed by atoms with van der Waals surface area (Å²) in [6.45, 7) is 8.37. The number of benzene rings is 2. The van der Waals surface area contributed by atoms with E-state index in [0.717, 1.165) is 6.07 Å². The van der Waals surface area contributed by atoms with E-state index in [4.69, 9.17) is 0 Å². The SMILES string of the molecule is Cc1ccc(S(=O)(=O)Nc2cccc(C(=O)NC3CCN(C(=O)C(C)(C)C)CC3)c2)cc1F. The second-order valence-corrected chi connectivity index (χ2v) is 11.1. The largest absolute Gasteiger partial charge is 0.349 e. The van der Waals surface area contributed by atoms with Crippen molar-refractivity contribution in [2.45, 2.75) is 51.5 Å². The number of rotatable bonds is 5. The summed E-state index contributed by atoms with van der Waals surface area (Å²) >= 11 is 0. The lowest BCUT2D eigenvalue weighted by molar-refractivity contribution is -0.140. The minimum absolute atomic E-state index is 0.0719. The van der Waals surface area contributed by atoms with Crippen LogP contribution in [0.3, 0.4) is 0 Å². The van der Waals surface area contributed by atoms with Gasteiger partial charge in [-0.2, -0.15) is 0 Å². The molecule has 1 aliphatic rings. The van der Waals surface area contributed by atoms with Gasteiger partial charge in [0.2, 0.25) is 5.91 Å². The van der Waals surface area contributed by atoms with Crippen LogP contribution in [0.5, 0.6) is 0 Å². The molecule has 1 saturated heterocycles. The maximum absolute atomic E-state index is 13.8. The zero-order chi connectivity index (χ0) is 24.4. The number of nitrogens with zero attached hydrogens (tertiary/aromatic N) is 1. The molecule has 3 rings (SSSR count). The zero-order valence-corrected chi connectivity index (χ0v) is 20.1. The van der Waals surface area contributed by atoms with Crippen molar-refractivity contribution in [2.24, 2.45) is 5.41 Å². The molecular weight excluding hydrogens is 445 g/mol. The number of anilines is 1. The van der Waals surface area contributed by atoms with Gasteiger partial charge >= 0.3 is 0 Å². The standard InChI is InChI=1S/C24H30FN3O4S/c1-16-8-9-20(15-21(16)25)33(31,32)27-19-7-5-6-17(14-19)22(29)26-18-10-12-28(13-11-18)23(30)24(2,3)4/h5-9,14-15,18,27H,10-13H2,1-4H3,(H,26,29). The first-order valence-corrected chi connectivity index (χ1v) is 12.3. The van der Waals surface area contributed by atoms with Gasteiger partial charge in [-0.05, 0) is 55.7 Å². The molecule has 0 bridgehead atoms. The van der Waals surface area contributed by atoms with Crippen molar-refractivity contribution in [3.8, 4) is 0 Å². The third-order valence-corrected chi connectivity index (χ3v) is 6.97. The number of carbonyl (C=O) groups is 2. The molecule has 2 N–H and O–H groups in total. The highest BCUT2D eigenvalue weighted by molar-refractivity contribution is 7.92. The van der Waals surface area contributed by atoms with Gasteiger partial charge in [-0.3, -0.25) is 14.3 Å². The molecule has 0 radical (unpaired) electrons. The van der Waals surface area contributed by atoms with Crippen LogP contribution in [0.4, 0.5) is 10.1 Å². The van der Waals surface area contributed by atoms with Crippen molar-refractivity contribution < 1.29 is 22.4 Å². The minimum Gasteiger partial charge on any atom is -0.349 e. The van der Waals surface area contributed by atoms with Crippen molar-refractivity contribution in [3.63, 3.8) is 0 Å². The maximum atomic E-state index is 13.8. The number of halogens is 1. The Morgan fingerprint density at radius 1 is 1.06 bits per heavy atom. The van der Waals surface area contributed by atoms with E-state index in [2.05, 4.69) is 10.0 Å². The highest BCUT2D eigenvalue weighted by Gasteiger charge is 2.30. The predicted octanol–water partition coefficient (Wildman–Crippen LogP) is 3.70. The number of hydrogen-bond donors (Lipinski definition) is 2. The quantitative estimate of drug-likeness (QED) is 0.689. The first-order chi connectivity index (χ1) is 15.4. The molecule has 178 valence electrons. The lowest BCUT2D eigenvalue weighted by atomic mass is 9.93. The van der Waals surface area contributed by atoms with Crippen LogP contribution in [0.2, 0.25) is 0 Å². The number of likely N-dealkylation sites (tertiary alicyclic amines) is 1. The number of piperidine rings is 1. The third kappa shape index (κ3) is 6.10. The number of amides is 2. The Labute approximate surface area is 194 Å². The molecule has 0 spiro atoms. The van der Waals surface area contributed by atoms with Crippen molar-refractivity contribution in [1.29, 1.82) is 0 Å². The van der Waals surface area contributed by atoms with Crippen LogP contribution < -0.4 is 10.0 Å². The highest BCUT2D eigenvalue weighted by atomic mass is 32.2. The molecule has 9 heteroatoms. The van der Waals surface area contributed by atoms with Crippen LogP contribution in [0.1, 0.15) is 49.5 Å². The smallest absolute Gasteiger partial charge is 0.261 e. The van der Waals surface area contributed by atoms with Crippen molar-refractivity contribution in [2.75, 3.05) is 17.8 Å². The zero-order valence-electron chi connectivity index (χ0n) is 19.3. The fourth-order valence-electron chi connectivity index (χ4n) is 3.65. The van der Waals surface area contributed by atoms with E-state index in [1.807, 2.05) is 25.7 Å². The molecule has 33 heavy (non-hydrogen) atoms. The molecule has 1 fully saturated rings. The number of hydrogen-bond acceptors (Lipinski definition) is 4. The Hall–Kier alpha value is -2.94. The minimum atomic E-state index is -4.01. The summed E-state index contributed by atoms with van der Waals surface area (Å²) in [7, 11) is -4.01. The van der Waals surface area contributed by atoms with Crippen LogP contribution in [0, 0.1) is 18.2 Å². The van der Waals surface area contributed by atoms with Gasteiger partial charge in [-0.15, -0.1) is 0 Å². The number of aryl methyl sites for hydroxylation is 1. The van der Waals surface area contributed by atoms with E-state index >= 15 is 0 Å². The van der Waals surface area contributed by atoms with E-state index in [-0.39, 0.29) is 28.4 Å². The summed E-state index contributed by atoms with van der Waals surface area (Å²) in [5.74, 6) is -0.833. The molecule has 0 aliphatic carbocycles. The molecule has 0 atom stereocenters. The molecule has 2 amide bonds. The molecule has 0 aromatic heterocycles. The Bertz CT molecular complexity index is 1150. The van der Waals surface area contributed by atoms with Gasteiger partial charge in [0.15, 0.2) is 0 Å². The second-order valence-electron chi connectivity index (χ2n) is 9.39. The van der Waals surface area contributed by atoms with Gasteiger partial charge < -0.3 is 10.2 Å². The third-order valence-electron chi connectivity index (χ3n) is 5.59. The van der Waals surface area contributed by atoms with Crippen molar-refractivity contribution >= 4 is 27.5 Å². The van der Waals surface area contributed by atoms with Gasteiger partial charge in [-0.25, -0.2) is 12.8 Å². The lowest BCUT2D eigenvalue weighted by Gasteiger charge is -2.36. The van der Waals surface area contributed by atoms with Crippen LogP contribution >= 0.6 is 0 Å². The Morgan fingerprint density at radius 2 is 1.73 bits per heavy atom. The summed E-state index contributed by atoms with van der Waals surface area (Å²) in [6, 6.07) is 9.75. The Balaban J connectivity index is 1.63. The molecule has 2 aromatic carbocycles. The number of sulfonamides is 1. The maximum Gasteiger partial charge on any atom is 0.261 e. The Kier molecular flexibility index (Phi) is 7.11. The predicted molar refractivity (Wildman–Crippen MR) is 125 cm³/mol. The summed E-state index contributed by atoms with van der Waals surface area (Å²) in [5.41, 5.74) is 0.419. The normalized spacial score (nSPS) is 15.2. The van der Waals surface area contributed by atoms with Gasteiger partial charge in [-0.1, -0.05) is 32.9 Å². The van der Waals surface area contributed by atoms with E-state index in [0.29, 0.717) is 37.1 Å². The summed E-state index contributed by atoms with van der Waals surface area (Å²) in [6.07, 6.45) is 1.30.